The van der Waals surface area contributed by atoms with Crippen LogP contribution < -0.4 is 10.1 Å². The van der Waals surface area contributed by atoms with Crippen molar-refractivity contribution >= 4 is 17.6 Å². The standard InChI is InChI=1S/C21H25ClN2O3/c1-15(2)20(23-13-12-16(3)22)21(25)26-14-17-8-7-11-19(24-17)27-18-9-5-4-6-10-18/h4-12,15,20,23H,13-14H2,1-3H3. The van der Waals surface area contributed by atoms with E-state index in [1.807, 2.05) is 56.3 Å². The number of esters is 1. The number of hydrogen-bond donors (Lipinski definition) is 1. The molecule has 0 saturated heterocycles. The van der Waals surface area contributed by atoms with E-state index in [4.69, 9.17) is 21.1 Å². The van der Waals surface area contributed by atoms with Crippen molar-refractivity contribution in [1.82, 2.24) is 10.3 Å². The Hall–Kier alpha value is -2.37. The van der Waals surface area contributed by atoms with E-state index >= 15 is 0 Å². The molecule has 27 heavy (non-hydrogen) atoms. The molecule has 1 unspecified atom stereocenters. The smallest absolute Gasteiger partial charge is 0.323 e. The molecule has 1 atom stereocenters. The lowest BCUT2D eigenvalue weighted by molar-refractivity contribution is -0.148. The summed E-state index contributed by atoms with van der Waals surface area (Å²) < 4.78 is 11.1. The molecule has 1 aromatic heterocycles. The Morgan fingerprint density at radius 3 is 2.59 bits per heavy atom. The van der Waals surface area contributed by atoms with Crippen molar-refractivity contribution in [2.75, 3.05) is 6.54 Å². The van der Waals surface area contributed by atoms with Gasteiger partial charge in [0.15, 0.2) is 0 Å². The van der Waals surface area contributed by atoms with Gasteiger partial charge >= 0.3 is 5.97 Å². The summed E-state index contributed by atoms with van der Waals surface area (Å²) in [5, 5.41) is 3.83. The number of hydrogen-bond acceptors (Lipinski definition) is 5. The minimum atomic E-state index is -0.416. The Balaban J connectivity index is 1.93. The highest BCUT2D eigenvalue weighted by atomic mass is 35.5. The number of allylic oxidation sites excluding steroid dienone is 1. The fourth-order valence-corrected chi connectivity index (χ4v) is 2.43. The van der Waals surface area contributed by atoms with E-state index in [1.165, 1.54) is 0 Å². The summed E-state index contributed by atoms with van der Waals surface area (Å²) in [7, 11) is 0. The van der Waals surface area contributed by atoms with E-state index in [-0.39, 0.29) is 18.5 Å². The van der Waals surface area contributed by atoms with Gasteiger partial charge in [0.2, 0.25) is 5.88 Å². The minimum Gasteiger partial charge on any atom is -0.458 e. The molecule has 0 fully saturated rings. The molecule has 6 heteroatoms. The average Bonchev–Trinajstić information content (AvgIpc) is 2.64. The lowest BCUT2D eigenvalue weighted by Gasteiger charge is -2.20. The number of nitrogens with zero attached hydrogens (tertiary/aromatic N) is 1. The Morgan fingerprint density at radius 2 is 1.93 bits per heavy atom. The third-order valence-electron chi connectivity index (χ3n) is 3.75. The van der Waals surface area contributed by atoms with Crippen LogP contribution in [0, 0.1) is 5.92 Å². The van der Waals surface area contributed by atoms with Crippen LogP contribution in [-0.4, -0.2) is 23.5 Å². The first-order valence-corrected chi connectivity index (χ1v) is 9.24. The zero-order valence-electron chi connectivity index (χ0n) is 15.8. The molecule has 1 heterocycles. The van der Waals surface area contributed by atoms with E-state index < -0.39 is 6.04 Å². The molecular formula is C21H25ClN2O3. The minimum absolute atomic E-state index is 0.0834. The van der Waals surface area contributed by atoms with Crippen LogP contribution in [-0.2, 0) is 16.1 Å². The molecule has 1 N–H and O–H groups in total. The van der Waals surface area contributed by atoms with Crippen LogP contribution in [0.1, 0.15) is 26.5 Å². The van der Waals surface area contributed by atoms with Crippen LogP contribution in [0.5, 0.6) is 11.6 Å². The summed E-state index contributed by atoms with van der Waals surface area (Å²) in [4.78, 5) is 16.8. The predicted octanol–water partition coefficient (Wildman–Crippen LogP) is 4.67. The summed E-state index contributed by atoms with van der Waals surface area (Å²) in [6, 6.07) is 14.4. The third kappa shape index (κ3) is 7.41. The maximum absolute atomic E-state index is 12.4. The predicted molar refractivity (Wildman–Crippen MR) is 107 cm³/mol. The second-order valence-corrected chi connectivity index (χ2v) is 7.01. The van der Waals surface area contributed by atoms with Gasteiger partial charge < -0.3 is 14.8 Å². The summed E-state index contributed by atoms with van der Waals surface area (Å²) in [5.41, 5.74) is 0.621. The van der Waals surface area contributed by atoms with E-state index in [1.54, 1.807) is 19.1 Å². The number of nitrogens with one attached hydrogen (secondary N) is 1. The number of para-hydroxylation sites is 1. The van der Waals surface area contributed by atoms with Gasteiger partial charge in [0.1, 0.15) is 18.4 Å². The topological polar surface area (TPSA) is 60.5 Å². The number of carbonyl (C=O) groups excluding carboxylic acids is 1. The van der Waals surface area contributed by atoms with Crippen molar-refractivity contribution < 1.29 is 14.3 Å². The quantitative estimate of drug-likeness (QED) is 0.632. The molecule has 0 radical (unpaired) electrons. The highest BCUT2D eigenvalue weighted by molar-refractivity contribution is 6.29. The maximum Gasteiger partial charge on any atom is 0.323 e. The van der Waals surface area contributed by atoms with Gasteiger partial charge in [-0.3, -0.25) is 4.79 Å². The Morgan fingerprint density at radius 1 is 1.19 bits per heavy atom. The Bertz CT molecular complexity index is 759. The van der Waals surface area contributed by atoms with Crippen LogP contribution in [0.15, 0.2) is 59.6 Å². The fourth-order valence-electron chi connectivity index (χ4n) is 2.36. The van der Waals surface area contributed by atoms with Crippen molar-refractivity contribution in [2.45, 2.75) is 33.4 Å². The SMILES string of the molecule is CC(Cl)=CCNC(C(=O)OCc1cccc(Oc2ccccc2)n1)C(C)C. The molecule has 5 nitrogen and oxygen atoms in total. The van der Waals surface area contributed by atoms with Crippen LogP contribution in [0.2, 0.25) is 0 Å². The van der Waals surface area contributed by atoms with Crippen molar-refractivity contribution in [1.29, 1.82) is 0 Å². The van der Waals surface area contributed by atoms with Gasteiger partial charge in [-0.05, 0) is 31.0 Å². The number of aromatic nitrogens is 1. The van der Waals surface area contributed by atoms with Gasteiger partial charge in [-0.1, -0.05) is 55.8 Å². The normalized spacial score (nSPS) is 12.7. The number of pyridine rings is 1. The van der Waals surface area contributed by atoms with E-state index in [0.717, 1.165) is 0 Å². The number of ether oxygens (including phenoxy) is 2. The molecule has 0 aliphatic carbocycles. The number of benzene rings is 1. The monoisotopic (exact) mass is 388 g/mol. The number of halogens is 1. The van der Waals surface area contributed by atoms with Crippen LogP contribution in [0.3, 0.4) is 0 Å². The molecule has 2 rings (SSSR count). The molecule has 0 amide bonds. The Kier molecular flexibility index (Phi) is 8.30. The van der Waals surface area contributed by atoms with Crippen LogP contribution in [0.25, 0.3) is 0 Å². The van der Waals surface area contributed by atoms with Gasteiger partial charge in [-0.15, -0.1) is 0 Å². The molecule has 0 bridgehead atoms. The van der Waals surface area contributed by atoms with Gasteiger partial charge in [0.25, 0.3) is 0 Å². The van der Waals surface area contributed by atoms with Crippen LogP contribution in [0.4, 0.5) is 0 Å². The van der Waals surface area contributed by atoms with Crippen molar-refractivity contribution in [3.63, 3.8) is 0 Å². The van der Waals surface area contributed by atoms with E-state index in [0.29, 0.717) is 28.9 Å². The number of carbonyl (C=O) groups is 1. The molecule has 144 valence electrons. The van der Waals surface area contributed by atoms with Crippen LogP contribution >= 0.6 is 11.6 Å². The zero-order chi connectivity index (χ0) is 19.6. The summed E-state index contributed by atoms with van der Waals surface area (Å²) in [6.07, 6.45) is 1.82. The van der Waals surface area contributed by atoms with E-state index in [9.17, 15) is 4.79 Å². The van der Waals surface area contributed by atoms with Crippen molar-refractivity contribution in [3.05, 3.63) is 65.3 Å². The summed E-state index contributed by atoms with van der Waals surface area (Å²) in [5.74, 6) is 0.922. The molecule has 0 aliphatic heterocycles. The molecule has 1 aromatic carbocycles. The van der Waals surface area contributed by atoms with Crippen molar-refractivity contribution in [2.24, 2.45) is 5.92 Å². The first-order chi connectivity index (χ1) is 13.0. The summed E-state index contributed by atoms with van der Waals surface area (Å²) in [6.45, 7) is 6.31. The largest absolute Gasteiger partial charge is 0.458 e. The third-order valence-corrected chi connectivity index (χ3v) is 3.91. The molecule has 0 aliphatic rings. The highest BCUT2D eigenvalue weighted by Crippen LogP contribution is 2.19. The maximum atomic E-state index is 12.4. The van der Waals surface area contributed by atoms with E-state index in [2.05, 4.69) is 10.3 Å². The Labute approximate surface area is 165 Å². The number of rotatable bonds is 9. The first kappa shape index (κ1) is 20.9. The average molecular weight is 389 g/mol. The molecule has 0 saturated carbocycles. The molecule has 0 spiro atoms. The van der Waals surface area contributed by atoms with Crippen molar-refractivity contribution in [3.8, 4) is 11.6 Å². The lowest BCUT2D eigenvalue weighted by atomic mass is 10.0. The summed E-state index contributed by atoms with van der Waals surface area (Å²) >= 11 is 5.82. The first-order valence-electron chi connectivity index (χ1n) is 8.87. The van der Waals surface area contributed by atoms with Gasteiger partial charge in [-0.2, -0.15) is 0 Å². The second kappa shape index (κ2) is 10.7. The zero-order valence-corrected chi connectivity index (χ0v) is 16.6. The molecule has 2 aromatic rings. The second-order valence-electron chi connectivity index (χ2n) is 6.41. The fraction of sp³-hybridized carbons (Fsp3) is 0.333. The van der Waals surface area contributed by atoms with Gasteiger partial charge in [0.05, 0.1) is 5.69 Å². The highest BCUT2D eigenvalue weighted by Gasteiger charge is 2.23. The van der Waals surface area contributed by atoms with Gasteiger partial charge in [0, 0.05) is 17.6 Å². The molecular weight excluding hydrogens is 364 g/mol. The lowest BCUT2D eigenvalue weighted by Crippen LogP contribution is -2.42. The van der Waals surface area contributed by atoms with Gasteiger partial charge in [-0.25, -0.2) is 4.98 Å².